The largest absolute Gasteiger partial charge is 0.411 e. The lowest BCUT2D eigenvalue weighted by Gasteiger charge is -2.36. The molecule has 1 aliphatic heterocycles. The van der Waals surface area contributed by atoms with Crippen LogP contribution >= 0.6 is 0 Å². The molecule has 10 nitrogen and oxygen atoms in total. The van der Waals surface area contributed by atoms with Gasteiger partial charge in [0.25, 0.3) is 0 Å². The van der Waals surface area contributed by atoms with E-state index in [0.717, 1.165) is 13.1 Å². The topological polar surface area (TPSA) is 106 Å². The van der Waals surface area contributed by atoms with E-state index in [2.05, 4.69) is 49.4 Å². The first-order chi connectivity index (χ1) is 15.3. The molecule has 2 N–H and O–H groups in total. The smallest absolute Gasteiger partial charge is 0.370 e. The summed E-state index contributed by atoms with van der Waals surface area (Å²) >= 11 is 0. The monoisotopic (exact) mass is 451 g/mol. The molecule has 0 radical (unpaired) electrons. The minimum absolute atomic E-state index is 0.114. The Bertz CT molecular complexity index is 1030. The third-order valence-electron chi connectivity index (χ3n) is 4.86. The first kappa shape index (κ1) is 22.1. The number of fused-ring (bicyclic) bond motifs is 1. The molecule has 13 heteroatoms. The van der Waals surface area contributed by atoms with Gasteiger partial charge >= 0.3 is 6.18 Å². The average molecular weight is 451 g/mol. The van der Waals surface area contributed by atoms with Crippen molar-refractivity contribution in [2.75, 3.05) is 36.5 Å². The molecule has 1 aliphatic rings. The van der Waals surface area contributed by atoms with Crippen molar-refractivity contribution in [3.8, 4) is 0 Å². The van der Waals surface area contributed by atoms with E-state index < -0.39 is 12.8 Å². The number of nitrogens with zero attached hydrogens (tertiary/aromatic N) is 7. The second kappa shape index (κ2) is 9.20. The van der Waals surface area contributed by atoms with Gasteiger partial charge in [0.1, 0.15) is 29.8 Å². The fourth-order valence-corrected chi connectivity index (χ4v) is 3.70. The van der Waals surface area contributed by atoms with E-state index in [1.165, 1.54) is 11.0 Å². The van der Waals surface area contributed by atoms with E-state index in [-0.39, 0.29) is 25.2 Å². The van der Waals surface area contributed by atoms with Crippen molar-refractivity contribution in [1.82, 2.24) is 35.0 Å². The highest BCUT2D eigenvalue weighted by Crippen LogP contribution is 2.27. The first-order valence-corrected chi connectivity index (χ1v) is 10.2. The molecule has 3 aromatic heterocycles. The Hall–Kier alpha value is -3.06. The van der Waals surface area contributed by atoms with Gasteiger partial charge in [-0.2, -0.15) is 23.3 Å². The molecule has 4 rings (SSSR count). The normalized spacial score (nSPS) is 19.5. The van der Waals surface area contributed by atoms with Crippen LogP contribution in [0.3, 0.4) is 0 Å². The van der Waals surface area contributed by atoms with Crippen molar-refractivity contribution in [1.29, 1.82) is 0 Å². The van der Waals surface area contributed by atoms with Crippen LogP contribution in [0.15, 0.2) is 24.8 Å². The summed E-state index contributed by atoms with van der Waals surface area (Å²) in [6.45, 7) is 4.32. The number of rotatable bonds is 7. The maximum atomic E-state index is 12.4. The lowest BCUT2D eigenvalue weighted by atomic mass is 10.1. The highest BCUT2D eigenvalue weighted by Gasteiger charge is 2.28. The van der Waals surface area contributed by atoms with E-state index in [0.29, 0.717) is 28.6 Å². The first-order valence-electron chi connectivity index (χ1n) is 10.2. The Balaban J connectivity index is 1.64. The van der Waals surface area contributed by atoms with Crippen molar-refractivity contribution in [2.45, 2.75) is 38.7 Å². The quantitative estimate of drug-likeness (QED) is 0.523. The Morgan fingerprint density at radius 3 is 2.69 bits per heavy atom. The molecule has 0 saturated carbocycles. The molecule has 172 valence electrons. The number of hydrogen-bond acceptors (Lipinski definition) is 9. The molecule has 0 aliphatic carbocycles. The Labute approximate surface area is 182 Å². The van der Waals surface area contributed by atoms with Crippen molar-refractivity contribution >= 4 is 28.6 Å². The number of aromatic nitrogens is 6. The molecule has 32 heavy (non-hydrogen) atoms. The molecule has 1 saturated heterocycles. The van der Waals surface area contributed by atoms with Gasteiger partial charge in [-0.05, 0) is 19.9 Å². The molecule has 2 atom stereocenters. The van der Waals surface area contributed by atoms with Gasteiger partial charge in [-0.1, -0.05) is 0 Å². The van der Waals surface area contributed by atoms with Crippen LogP contribution in [0.4, 0.5) is 30.8 Å². The second-order valence-electron chi connectivity index (χ2n) is 7.73. The Kier molecular flexibility index (Phi) is 6.37. The summed E-state index contributed by atoms with van der Waals surface area (Å²) in [5.41, 5.74) is 1.13. The fraction of sp³-hybridized carbons (Fsp3) is 0.526. The van der Waals surface area contributed by atoms with Crippen LogP contribution in [-0.2, 0) is 11.3 Å². The molecule has 0 amide bonds. The minimum Gasteiger partial charge on any atom is -0.370 e. The van der Waals surface area contributed by atoms with Crippen molar-refractivity contribution < 1.29 is 17.9 Å². The summed E-state index contributed by atoms with van der Waals surface area (Å²) in [5.74, 6) is 1.52. The van der Waals surface area contributed by atoms with E-state index in [1.807, 2.05) is 0 Å². The minimum atomic E-state index is -4.37. The molecular weight excluding hydrogens is 427 g/mol. The van der Waals surface area contributed by atoms with E-state index in [1.54, 1.807) is 18.5 Å². The molecule has 4 heterocycles. The zero-order valence-corrected chi connectivity index (χ0v) is 17.7. The molecule has 0 aromatic carbocycles. The van der Waals surface area contributed by atoms with Gasteiger partial charge in [-0.25, -0.2) is 15.0 Å². The van der Waals surface area contributed by atoms with Crippen LogP contribution in [0, 0.1) is 0 Å². The number of halogens is 3. The molecule has 0 unspecified atom stereocenters. The number of piperazine rings is 1. The SMILES string of the molecule is C[C@@H]1CN(c2nc(Nc3ccncn3)c3c(cnn3CCOCC(F)(F)F)n2)C[C@H](C)N1. The summed E-state index contributed by atoms with van der Waals surface area (Å²) < 4.78 is 43.3. The van der Waals surface area contributed by atoms with Gasteiger partial charge in [-0.3, -0.25) is 4.68 Å². The number of nitrogens with one attached hydrogen (secondary N) is 2. The number of anilines is 3. The summed E-state index contributed by atoms with van der Waals surface area (Å²) in [4.78, 5) is 19.6. The molecule has 0 bridgehead atoms. The maximum absolute atomic E-state index is 12.4. The van der Waals surface area contributed by atoms with Crippen LogP contribution in [0.25, 0.3) is 11.0 Å². The summed E-state index contributed by atoms with van der Waals surface area (Å²) in [7, 11) is 0. The standard InChI is InChI=1S/C19H24F3N9O/c1-12-8-30(9-13(2)26-12)18-27-14-7-25-31(5-6-32-10-19(20,21)22)16(14)17(29-18)28-15-3-4-23-11-24-15/h3-4,7,11-13,26H,5-6,8-10H2,1-2H3,(H,23,24,27,28,29)/t12-,13+. The lowest BCUT2D eigenvalue weighted by molar-refractivity contribution is -0.174. The molecule has 0 spiro atoms. The van der Waals surface area contributed by atoms with Crippen LogP contribution in [-0.4, -0.2) is 74.3 Å². The number of hydrogen-bond donors (Lipinski definition) is 2. The van der Waals surface area contributed by atoms with E-state index in [9.17, 15) is 13.2 Å². The van der Waals surface area contributed by atoms with Gasteiger partial charge in [0.05, 0.1) is 19.3 Å². The molecular formula is C19H24F3N9O. The van der Waals surface area contributed by atoms with Crippen LogP contribution in [0.1, 0.15) is 13.8 Å². The number of alkyl halides is 3. The number of ether oxygens (including phenoxy) is 1. The zero-order valence-electron chi connectivity index (χ0n) is 17.7. The Morgan fingerprint density at radius 2 is 2.00 bits per heavy atom. The highest BCUT2D eigenvalue weighted by atomic mass is 19.4. The fourth-order valence-electron chi connectivity index (χ4n) is 3.70. The van der Waals surface area contributed by atoms with Crippen molar-refractivity contribution in [3.05, 3.63) is 24.8 Å². The summed E-state index contributed by atoms with van der Waals surface area (Å²) in [5, 5.41) is 10.9. The third-order valence-corrected chi connectivity index (χ3v) is 4.86. The van der Waals surface area contributed by atoms with E-state index in [4.69, 9.17) is 9.72 Å². The van der Waals surface area contributed by atoms with Crippen molar-refractivity contribution in [2.24, 2.45) is 0 Å². The average Bonchev–Trinajstić information content (AvgIpc) is 3.14. The maximum Gasteiger partial charge on any atom is 0.411 e. The van der Waals surface area contributed by atoms with Gasteiger partial charge < -0.3 is 20.3 Å². The van der Waals surface area contributed by atoms with Crippen LogP contribution < -0.4 is 15.5 Å². The molecule has 3 aromatic rings. The van der Waals surface area contributed by atoms with Gasteiger partial charge in [-0.15, -0.1) is 0 Å². The molecule has 1 fully saturated rings. The summed E-state index contributed by atoms with van der Waals surface area (Å²) in [6, 6.07) is 2.23. The van der Waals surface area contributed by atoms with Crippen molar-refractivity contribution in [3.63, 3.8) is 0 Å². The van der Waals surface area contributed by atoms with Gasteiger partial charge in [0, 0.05) is 31.4 Å². The highest BCUT2D eigenvalue weighted by molar-refractivity contribution is 5.88. The van der Waals surface area contributed by atoms with Crippen LogP contribution in [0.5, 0.6) is 0 Å². The summed E-state index contributed by atoms with van der Waals surface area (Å²) in [6.07, 6.45) is 0.201. The predicted molar refractivity (Wildman–Crippen MR) is 112 cm³/mol. The Morgan fingerprint density at radius 1 is 1.22 bits per heavy atom. The zero-order chi connectivity index (χ0) is 22.7. The van der Waals surface area contributed by atoms with Crippen LogP contribution in [0.2, 0.25) is 0 Å². The lowest BCUT2D eigenvalue weighted by Crippen LogP contribution is -2.54. The van der Waals surface area contributed by atoms with Gasteiger partial charge in [0.15, 0.2) is 5.82 Å². The second-order valence-corrected chi connectivity index (χ2v) is 7.73. The third kappa shape index (κ3) is 5.40. The predicted octanol–water partition coefficient (Wildman–Crippen LogP) is 2.13. The van der Waals surface area contributed by atoms with Gasteiger partial charge in [0.2, 0.25) is 5.95 Å². The van der Waals surface area contributed by atoms with E-state index >= 15 is 0 Å².